The number of likely N-dealkylation sites (N-methyl/N-ethyl adjacent to an activating group) is 1. The summed E-state index contributed by atoms with van der Waals surface area (Å²) < 4.78 is 13.2. The van der Waals surface area contributed by atoms with Crippen molar-refractivity contribution in [1.82, 2.24) is 0 Å². The van der Waals surface area contributed by atoms with E-state index in [2.05, 4.69) is 17.1 Å². The molecule has 0 aliphatic rings. The van der Waals surface area contributed by atoms with Crippen molar-refractivity contribution in [2.45, 2.75) is 6.92 Å². The number of benzene rings is 2. The lowest BCUT2D eigenvalue weighted by atomic mass is 10.2. The second-order valence-corrected chi connectivity index (χ2v) is 4.93. The van der Waals surface area contributed by atoms with Gasteiger partial charge in [0.2, 0.25) is 0 Å². The van der Waals surface area contributed by atoms with Crippen LogP contribution in [0.1, 0.15) is 6.92 Å². The van der Waals surface area contributed by atoms with Gasteiger partial charge in [-0.2, -0.15) is 0 Å². The monoisotopic (exact) mass is 292 g/mol. The predicted molar refractivity (Wildman–Crippen MR) is 84.2 cm³/mol. The van der Waals surface area contributed by atoms with Gasteiger partial charge in [0.15, 0.2) is 0 Å². The molecule has 0 spiro atoms. The molecule has 20 heavy (non-hydrogen) atoms. The highest BCUT2D eigenvalue weighted by molar-refractivity contribution is 6.30. The second kappa shape index (κ2) is 7.15. The summed E-state index contributed by atoms with van der Waals surface area (Å²) in [7, 11) is 0. The van der Waals surface area contributed by atoms with Gasteiger partial charge in [0.05, 0.1) is 0 Å². The largest absolute Gasteiger partial charge is 0.383 e. The summed E-state index contributed by atoms with van der Waals surface area (Å²) in [5.74, 6) is -0.202. The van der Waals surface area contributed by atoms with Gasteiger partial charge in [-0.25, -0.2) is 4.39 Å². The molecular formula is C16H18ClFN2. The number of nitrogens with one attached hydrogen (secondary N) is 1. The molecule has 0 saturated carbocycles. The van der Waals surface area contributed by atoms with E-state index in [4.69, 9.17) is 11.6 Å². The predicted octanol–water partition coefficient (Wildman–Crippen LogP) is 4.42. The molecule has 0 aliphatic heterocycles. The first-order valence-corrected chi connectivity index (χ1v) is 7.07. The van der Waals surface area contributed by atoms with Gasteiger partial charge in [0.25, 0.3) is 0 Å². The number of nitrogens with zero attached hydrogens (tertiary/aromatic N) is 1. The van der Waals surface area contributed by atoms with Gasteiger partial charge in [-0.3, -0.25) is 0 Å². The fourth-order valence-electron chi connectivity index (χ4n) is 2.05. The lowest BCUT2D eigenvalue weighted by molar-refractivity contribution is 0.626. The van der Waals surface area contributed by atoms with E-state index in [1.165, 1.54) is 6.07 Å². The first-order valence-electron chi connectivity index (χ1n) is 6.69. The van der Waals surface area contributed by atoms with Crippen LogP contribution in [0.25, 0.3) is 0 Å². The van der Waals surface area contributed by atoms with Crippen LogP contribution in [0.15, 0.2) is 48.5 Å². The minimum atomic E-state index is -0.202. The van der Waals surface area contributed by atoms with Crippen LogP contribution in [-0.2, 0) is 0 Å². The Bertz CT molecular complexity index is 542. The Morgan fingerprint density at radius 3 is 2.55 bits per heavy atom. The summed E-state index contributed by atoms with van der Waals surface area (Å²) in [5, 5.41) is 4.05. The third-order valence-corrected chi connectivity index (χ3v) is 3.36. The van der Waals surface area contributed by atoms with E-state index in [9.17, 15) is 4.39 Å². The molecule has 0 aromatic heterocycles. The molecule has 0 radical (unpaired) electrons. The van der Waals surface area contributed by atoms with Crippen LogP contribution in [0.3, 0.4) is 0 Å². The van der Waals surface area contributed by atoms with Gasteiger partial charge >= 0.3 is 0 Å². The molecule has 0 heterocycles. The lowest BCUT2D eigenvalue weighted by Crippen LogP contribution is -2.28. The quantitative estimate of drug-likeness (QED) is 0.848. The Kier molecular flexibility index (Phi) is 5.24. The molecule has 0 saturated heterocycles. The third kappa shape index (κ3) is 4.14. The summed E-state index contributed by atoms with van der Waals surface area (Å²) in [5.41, 5.74) is 1.94. The van der Waals surface area contributed by atoms with Gasteiger partial charge in [0.1, 0.15) is 5.82 Å². The van der Waals surface area contributed by atoms with Crippen LogP contribution in [0.2, 0.25) is 5.02 Å². The van der Waals surface area contributed by atoms with E-state index in [1.807, 2.05) is 30.3 Å². The van der Waals surface area contributed by atoms with E-state index >= 15 is 0 Å². The molecule has 106 valence electrons. The van der Waals surface area contributed by atoms with Gasteiger partial charge in [-0.15, -0.1) is 0 Å². The van der Waals surface area contributed by atoms with Crippen molar-refractivity contribution in [1.29, 1.82) is 0 Å². The molecule has 0 aliphatic carbocycles. The SMILES string of the molecule is CCN(CCNc1ccc(Cl)cc1)c1cccc(F)c1. The maximum absolute atomic E-state index is 13.2. The Morgan fingerprint density at radius 1 is 1.15 bits per heavy atom. The average molecular weight is 293 g/mol. The van der Waals surface area contributed by atoms with Crippen molar-refractivity contribution in [2.75, 3.05) is 29.9 Å². The zero-order valence-corrected chi connectivity index (χ0v) is 12.2. The molecule has 2 aromatic rings. The molecule has 0 bridgehead atoms. The fraction of sp³-hybridized carbons (Fsp3) is 0.250. The van der Waals surface area contributed by atoms with Crippen molar-refractivity contribution in [3.05, 3.63) is 59.4 Å². The van der Waals surface area contributed by atoms with Crippen molar-refractivity contribution in [3.8, 4) is 0 Å². The van der Waals surface area contributed by atoms with Gasteiger partial charge in [-0.05, 0) is 49.4 Å². The summed E-state index contributed by atoms with van der Waals surface area (Å²) in [6, 6.07) is 14.3. The molecule has 0 fully saturated rings. The molecule has 2 aromatic carbocycles. The lowest BCUT2D eigenvalue weighted by Gasteiger charge is -2.23. The first-order chi connectivity index (χ1) is 9.69. The number of halogens is 2. The van der Waals surface area contributed by atoms with E-state index < -0.39 is 0 Å². The van der Waals surface area contributed by atoms with Crippen LogP contribution in [0, 0.1) is 5.82 Å². The third-order valence-electron chi connectivity index (χ3n) is 3.11. The number of rotatable bonds is 6. The molecule has 1 N–H and O–H groups in total. The molecule has 2 nitrogen and oxygen atoms in total. The van der Waals surface area contributed by atoms with Crippen molar-refractivity contribution in [2.24, 2.45) is 0 Å². The standard InChI is InChI=1S/C16H18ClFN2/c1-2-20(16-5-3-4-14(18)12-16)11-10-19-15-8-6-13(17)7-9-15/h3-9,12,19H,2,10-11H2,1H3. The van der Waals surface area contributed by atoms with Crippen LogP contribution >= 0.6 is 11.6 Å². The molecular weight excluding hydrogens is 275 g/mol. The van der Waals surface area contributed by atoms with Crippen LogP contribution < -0.4 is 10.2 Å². The van der Waals surface area contributed by atoms with E-state index in [1.54, 1.807) is 12.1 Å². The van der Waals surface area contributed by atoms with Crippen LogP contribution in [-0.4, -0.2) is 19.6 Å². The topological polar surface area (TPSA) is 15.3 Å². The minimum Gasteiger partial charge on any atom is -0.383 e. The minimum absolute atomic E-state index is 0.202. The highest BCUT2D eigenvalue weighted by Crippen LogP contribution is 2.16. The van der Waals surface area contributed by atoms with E-state index in [0.717, 1.165) is 36.0 Å². The molecule has 0 atom stereocenters. The highest BCUT2D eigenvalue weighted by Gasteiger charge is 2.04. The normalized spacial score (nSPS) is 10.3. The molecule has 4 heteroatoms. The maximum atomic E-state index is 13.2. The zero-order chi connectivity index (χ0) is 14.4. The average Bonchev–Trinajstić information content (AvgIpc) is 2.45. The summed E-state index contributed by atoms with van der Waals surface area (Å²) in [4.78, 5) is 2.13. The Balaban J connectivity index is 1.89. The van der Waals surface area contributed by atoms with Crippen molar-refractivity contribution in [3.63, 3.8) is 0 Å². The smallest absolute Gasteiger partial charge is 0.125 e. The fourth-order valence-corrected chi connectivity index (χ4v) is 2.17. The highest BCUT2D eigenvalue weighted by atomic mass is 35.5. The summed E-state index contributed by atoms with van der Waals surface area (Å²) in [6.07, 6.45) is 0. The Labute approximate surface area is 124 Å². The molecule has 0 unspecified atom stereocenters. The Morgan fingerprint density at radius 2 is 1.90 bits per heavy atom. The van der Waals surface area contributed by atoms with E-state index in [-0.39, 0.29) is 5.82 Å². The first kappa shape index (κ1) is 14.7. The van der Waals surface area contributed by atoms with E-state index in [0.29, 0.717) is 0 Å². The Hall–Kier alpha value is -1.74. The maximum Gasteiger partial charge on any atom is 0.125 e. The van der Waals surface area contributed by atoms with Crippen LogP contribution in [0.5, 0.6) is 0 Å². The van der Waals surface area contributed by atoms with Crippen molar-refractivity contribution < 1.29 is 4.39 Å². The van der Waals surface area contributed by atoms with Crippen LogP contribution in [0.4, 0.5) is 15.8 Å². The number of anilines is 2. The van der Waals surface area contributed by atoms with Gasteiger partial charge in [-0.1, -0.05) is 17.7 Å². The summed E-state index contributed by atoms with van der Waals surface area (Å²) >= 11 is 5.84. The molecule has 0 amide bonds. The van der Waals surface area contributed by atoms with Crippen molar-refractivity contribution >= 4 is 23.0 Å². The number of hydrogen-bond donors (Lipinski definition) is 1. The van der Waals surface area contributed by atoms with Gasteiger partial charge in [0, 0.05) is 36.0 Å². The second-order valence-electron chi connectivity index (χ2n) is 4.49. The molecule has 2 rings (SSSR count). The zero-order valence-electron chi connectivity index (χ0n) is 11.4. The number of hydrogen-bond acceptors (Lipinski definition) is 2. The summed E-state index contributed by atoms with van der Waals surface area (Å²) in [6.45, 7) is 4.49. The van der Waals surface area contributed by atoms with Gasteiger partial charge < -0.3 is 10.2 Å².